The van der Waals surface area contributed by atoms with Gasteiger partial charge in [0.15, 0.2) is 0 Å². The first-order valence-corrected chi connectivity index (χ1v) is 16.3. The number of amides is 2. The number of carbonyl (C=O) groups is 2. The first-order valence-electron chi connectivity index (χ1n) is 14.9. The zero-order valence-corrected chi connectivity index (χ0v) is 27.0. The molecule has 0 fully saturated rings. The number of hydrogen-bond acceptors (Lipinski definition) is 7. The molecule has 0 bridgehead atoms. The summed E-state index contributed by atoms with van der Waals surface area (Å²) < 4.78 is 41.7. The molecule has 4 aromatic rings. The summed E-state index contributed by atoms with van der Waals surface area (Å²) in [5, 5.41) is 0.448. The molecule has 0 radical (unpaired) electrons. The minimum absolute atomic E-state index is 0.0713. The van der Waals surface area contributed by atoms with Crippen LogP contribution in [0.3, 0.4) is 0 Å². The van der Waals surface area contributed by atoms with Crippen molar-refractivity contribution < 1.29 is 27.2 Å². The second kappa shape index (κ2) is 12.5. The van der Waals surface area contributed by atoms with Crippen LogP contribution in [0.2, 0.25) is 0 Å². The Morgan fingerprint density at radius 3 is 2.38 bits per heavy atom. The fraction of sp³-hybridized carbons (Fsp3) is 0.364. The Balaban J connectivity index is 1.31. The Labute approximate surface area is 262 Å². The van der Waals surface area contributed by atoms with Gasteiger partial charge in [-0.1, -0.05) is 18.2 Å². The summed E-state index contributed by atoms with van der Waals surface area (Å²) in [6.07, 6.45) is 1.97. The van der Waals surface area contributed by atoms with E-state index in [0.717, 1.165) is 0 Å². The predicted octanol–water partition coefficient (Wildman–Crippen LogP) is 4.42. The number of hydrogen-bond donors (Lipinski definition) is 0. The number of ether oxygens (including phenoxy) is 1. The van der Waals surface area contributed by atoms with Gasteiger partial charge in [0.2, 0.25) is 21.8 Å². The van der Waals surface area contributed by atoms with Crippen LogP contribution >= 0.6 is 0 Å². The van der Waals surface area contributed by atoms with Gasteiger partial charge < -0.3 is 23.5 Å². The molecule has 0 atom stereocenters. The number of aryl methyl sites for hydroxylation is 1. The van der Waals surface area contributed by atoms with Gasteiger partial charge in [-0.05, 0) is 70.5 Å². The molecular weight excluding hydrogens is 596 g/mol. The summed E-state index contributed by atoms with van der Waals surface area (Å²) in [4.78, 5) is 42.6. The molecule has 45 heavy (non-hydrogen) atoms. The minimum Gasteiger partial charge on any atom is -0.493 e. The lowest BCUT2D eigenvalue weighted by molar-refractivity contribution is -0.137. The van der Waals surface area contributed by atoms with Crippen molar-refractivity contribution in [1.29, 1.82) is 0 Å². The smallest absolute Gasteiger partial charge is 0.261 e. The Morgan fingerprint density at radius 2 is 1.67 bits per heavy atom. The molecule has 0 aliphatic carbocycles. The van der Waals surface area contributed by atoms with Gasteiger partial charge in [0.25, 0.3) is 5.56 Å². The summed E-state index contributed by atoms with van der Waals surface area (Å²) in [5.41, 5.74) is 0.207. The molecule has 0 saturated carbocycles. The van der Waals surface area contributed by atoms with E-state index in [9.17, 15) is 22.8 Å². The van der Waals surface area contributed by atoms with Crippen LogP contribution in [0, 0.1) is 12.3 Å². The van der Waals surface area contributed by atoms with E-state index >= 15 is 0 Å². The van der Waals surface area contributed by atoms with Crippen LogP contribution in [0.4, 0.5) is 11.4 Å². The van der Waals surface area contributed by atoms with Crippen molar-refractivity contribution in [2.24, 2.45) is 5.41 Å². The van der Waals surface area contributed by atoms with Gasteiger partial charge in [0.1, 0.15) is 22.5 Å². The molecule has 0 spiro atoms. The normalized spacial score (nSPS) is 15.1. The summed E-state index contributed by atoms with van der Waals surface area (Å²) in [5.74, 6) is 0.533. The number of rotatable bonds is 11. The minimum atomic E-state index is -3.86. The Bertz CT molecular complexity index is 1900. The van der Waals surface area contributed by atoms with E-state index in [-0.39, 0.29) is 48.5 Å². The number of carbonyl (C=O) groups excluding carboxylic acids is 2. The first kappa shape index (κ1) is 32.0. The lowest BCUT2D eigenvalue weighted by atomic mass is 9.90. The molecule has 2 amide bonds. The van der Waals surface area contributed by atoms with Gasteiger partial charge in [-0.25, -0.2) is 8.42 Å². The number of benzene rings is 2. The molecule has 11 nitrogen and oxygen atoms in total. The monoisotopic (exact) mass is 634 g/mol. The lowest BCUT2D eigenvalue weighted by Gasteiger charge is -2.27. The van der Waals surface area contributed by atoms with Crippen molar-refractivity contribution in [2.45, 2.75) is 45.6 Å². The molecule has 0 unspecified atom stereocenters. The van der Waals surface area contributed by atoms with E-state index in [1.807, 2.05) is 6.92 Å². The number of pyridine rings is 1. The highest BCUT2D eigenvalue weighted by Gasteiger charge is 2.45. The summed E-state index contributed by atoms with van der Waals surface area (Å²) >= 11 is 0. The van der Waals surface area contributed by atoms with Crippen molar-refractivity contribution in [2.75, 3.05) is 43.1 Å². The van der Waals surface area contributed by atoms with E-state index in [2.05, 4.69) is 0 Å². The standard InChI is InChI=1S/C33H38N4O7S/c1-6-37-27-14-13-24(22-28(27)34(5)31(39)33(3,4)32(37)40)43-20-10-16-36(45(41,42)25-11-8-7-9-12-25)19-18-35-17-15-29-26(30(35)38)21-23(2)44-29/h7-9,11-15,17,21-22H,6,10,16,18-20H2,1-5H3. The molecule has 2 aromatic carbocycles. The lowest BCUT2D eigenvalue weighted by Crippen LogP contribution is -2.47. The van der Waals surface area contributed by atoms with Crippen molar-refractivity contribution in [3.63, 3.8) is 0 Å². The maximum absolute atomic E-state index is 13.6. The molecule has 1 aliphatic rings. The SMILES string of the molecule is CCN1C(=O)C(C)(C)C(=O)N(C)c2cc(OCCCN(CCn3ccc4oc(C)cc4c3=O)S(=O)(=O)c3ccccc3)ccc21. The molecule has 238 valence electrons. The van der Waals surface area contributed by atoms with Gasteiger partial charge in [-0.2, -0.15) is 4.31 Å². The number of furan rings is 1. The van der Waals surface area contributed by atoms with Crippen molar-refractivity contribution in [3.8, 4) is 5.75 Å². The van der Waals surface area contributed by atoms with Crippen molar-refractivity contribution >= 4 is 44.2 Å². The van der Waals surface area contributed by atoms with Gasteiger partial charge in [0, 0.05) is 45.5 Å². The highest BCUT2D eigenvalue weighted by atomic mass is 32.2. The van der Waals surface area contributed by atoms with Crippen LogP contribution in [-0.4, -0.2) is 62.4 Å². The Kier molecular flexibility index (Phi) is 8.90. The van der Waals surface area contributed by atoms with Gasteiger partial charge in [-0.3, -0.25) is 14.4 Å². The van der Waals surface area contributed by atoms with Crippen LogP contribution in [-0.2, 0) is 26.2 Å². The first-order chi connectivity index (χ1) is 21.4. The predicted molar refractivity (Wildman–Crippen MR) is 172 cm³/mol. The van der Waals surface area contributed by atoms with Crippen LogP contribution in [0.15, 0.2) is 81.0 Å². The highest BCUT2D eigenvalue weighted by Crippen LogP contribution is 2.40. The highest BCUT2D eigenvalue weighted by molar-refractivity contribution is 7.89. The Hall–Kier alpha value is -4.42. The molecule has 0 saturated heterocycles. The number of anilines is 2. The summed E-state index contributed by atoms with van der Waals surface area (Å²) in [6.45, 7) is 7.86. The zero-order valence-electron chi connectivity index (χ0n) is 26.1. The molecule has 0 N–H and O–H groups in total. The van der Waals surface area contributed by atoms with E-state index < -0.39 is 15.4 Å². The van der Waals surface area contributed by atoms with Crippen molar-refractivity contribution in [3.05, 3.63) is 83.0 Å². The third-order valence-electron chi connectivity index (χ3n) is 8.11. The summed E-state index contributed by atoms with van der Waals surface area (Å²) in [7, 11) is -2.22. The van der Waals surface area contributed by atoms with Crippen LogP contribution in [0.5, 0.6) is 5.75 Å². The molecule has 1 aliphatic heterocycles. The number of sulfonamides is 1. The van der Waals surface area contributed by atoms with Gasteiger partial charge in [0.05, 0.1) is 28.3 Å². The largest absolute Gasteiger partial charge is 0.493 e. The van der Waals surface area contributed by atoms with Crippen molar-refractivity contribution in [1.82, 2.24) is 8.87 Å². The second-order valence-electron chi connectivity index (χ2n) is 11.6. The molecule has 5 rings (SSSR count). The summed E-state index contributed by atoms with van der Waals surface area (Å²) in [6, 6.07) is 16.8. The Morgan fingerprint density at radius 1 is 0.933 bits per heavy atom. The van der Waals surface area contributed by atoms with Crippen LogP contribution in [0.1, 0.15) is 33.0 Å². The van der Waals surface area contributed by atoms with E-state index in [1.165, 1.54) is 13.8 Å². The van der Waals surface area contributed by atoms with Gasteiger partial charge >= 0.3 is 0 Å². The van der Waals surface area contributed by atoms with E-state index in [0.29, 0.717) is 46.8 Å². The number of aromatic nitrogens is 1. The van der Waals surface area contributed by atoms with Crippen LogP contribution < -0.4 is 20.1 Å². The van der Waals surface area contributed by atoms with Crippen LogP contribution in [0.25, 0.3) is 11.0 Å². The topological polar surface area (TPSA) is 122 Å². The molecular formula is C33H38N4O7S. The third kappa shape index (κ3) is 6.12. The number of nitrogens with zero attached hydrogens (tertiary/aromatic N) is 4. The van der Waals surface area contributed by atoms with E-state index in [4.69, 9.17) is 9.15 Å². The fourth-order valence-corrected chi connectivity index (χ4v) is 7.08. The molecule has 3 heterocycles. The maximum atomic E-state index is 13.6. The zero-order chi connectivity index (χ0) is 32.5. The maximum Gasteiger partial charge on any atom is 0.261 e. The second-order valence-corrected chi connectivity index (χ2v) is 13.5. The average molecular weight is 635 g/mol. The molecule has 12 heteroatoms. The van der Waals surface area contributed by atoms with Gasteiger partial charge in [-0.15, -0.1) is 0 Å². The van der Waals surface area contributed by atoms with E-state index in [1.54, 1.807) is 99.6 Å². The molecule has 2 aromatic heterocycles. The third-order valence-corrected chi connectivity index (χ3v) is 10.0. The number of fused-ring (bicyclic) bond motifs is 2. The fourth-order valence-electron chi connectivity index (χ4n) is 5.59. The average Bonchev–Trinajstić information content (AvgIpc) is 3.40. The quantitative estimate of drug-likeness (QED) is 0.177.